The first-order valence-corrected chi connectivity index (χ1v) is 8.53. The van der Waals surface area contributed by atoms with Crippen LogP contribution in [0, 0.1) is 11.8 Å². The SMILES string of the molecule is Cl.Cl.N[C@]1(C(=O)O)C[C@H](C(=O)O)N(Cc2ccccc2C#Cc2ccccc2)C1. The second kappa shape index (κ2) is 10.3. The van der Waals surface area contributed by atoms with Crippen LogP contribution in [0.4, 0.5) is 0 Å². The normalized spacial score (nSPS) is 20.5. The Hall–Kier alpha value is -2.56. The van der Waals surface area contributed by atoms with Gasteiger partial charge in [-0.2, -0.15) is 0 Å². The molecule has 6 nitrogen and oxygen atoms in total. The molecule has 0 amide bonds. The summed E-state index contributed by atoms with van der Waals surface area (Å²) in [5.41, 5.74) is 6.84. The van der Waals surface area contributed by atoms with Gasteiger partial charge in [-0.15, -0.1) is 24.8 Å². The number of carboxylic acids is 2. The third kappa shape index (κ3) is 5.72. The molecule has 1 aliphatic rings. The lowest BCUT2D eigenvalue weighted by Gasteiger charge is -2.22. The molecule has 0 saturated carbocycles. The van der Waals surface area contributed by atoms with Crippen molar-refractivity contribution in [2.24, 2.45) is 5.73 Å². The zero-order valence-electron chi connectivity index (χ0n) is 15.4. The fourth-order valence-corrected chi connectivity index (χ4v) is 3.24. The van der Waals surface area contributed by atoms with Crippen LogP contribution in [0.25, 0.3) is 0 Å². The van der Waals surface area contributed by atoms with Crippen LogP contribution < -0.4 is 5.73 Å². The minimum atomic E-state index is -1.56. The highest BCUT2D eigenvalue weighted by Crippen LogP contribution is 2.28. The molecule has 0 aliphatic carbocycles. The number of hydrogen-bond donors (Lipinski definition) is 3. The summed E-state index contributed by atoms with van der Waals surface area (Å²) < 4.78 is 0. The van der Waals surface area contributed by atoms with Gasteiger partial charge in [-0.05, 0) is 23.8 Å². The van der Waals surface area contributed by atoms with E-state index in [1.807, 2.05) is 54.6 Å². The maximum absolute atomic E-state index is 11.6. The highest BCUT2D eigenvalue weighted by molar-refractivity contribution is 5.85. The van der Waals surface area contributed by atoms with Crippen molar-refractivity contribution in [1.29, 1.82) is 0 Å². The van der Waals surface area contributed by atoms with Gasteiger partial charge in [-0.3, -0.25) is 14.5 Å². The minimum absolute atomic E-state index is 0. The molecule has 0 aromatic heterocycles. The fraction of sp³-hybridized carbons (Fsp3) is 0.238. The summed E-state index contributed by atoms with van der Waals surface area (Å²) in [5, 5.41) is 18.8. The lowest BCUT2D eigenvalue weighted by molar-refractivity contribution is -0.142. The molecule has 4 N–H and O–H groups in total. The second-order valence-electron chi connectivity index (χ2n) is 6.70. The topological polar surface area (TPSA) is 104 Å². The first-order chi connectivity index (χ1) is 12.9. The Labute approximate surface area is 181 Å². The predicted octanol–water partition coefficient (Wildman–Crippen LogP) is 2.37. The average Bonchev–Trinajstić information content (AvgIpc) is 3.00. The number of halogens is 2. The van der Waals surface area contributed by atoms with Crippen LogP contribution in [0.15, 0.2) is 54.6 Å². The van der Waals surface area contributed by atoms with Crippen molar-refractivity contribution in [3.63, 3.8) is 0 Å². The molecular formula is C21H22Cl2N2O4. The van der Waals surface area contributed by atoms with Gasteiger partial charge < -0.3 is 15.9 Å². The van der Waals surface area contributed by atoms with Gasteiger partial charge in [0.15, 0.2) is 0 Å². The summed E-state index contributed by atoms with van der Waals surface area (Å²) >= 11 is 0. The number of nitrogens with two attached hydrogens (primary N) is 1. The largest absolute Gasteiger partial charge is 0.480 e. The van der Waals surface area contributed by atoms with Gasteiger partial charge in [0.2, 0.25) is 0 Å². The van der Waals surface area contributed by atoms with Gasteiger partial charge >= 0.3 is 11.9 Å². The van der Waals surface area contributed by atoms with Crippen LogP contribution in [0.1, 0.15) is 23.1 Å². The Morgan fingerprint density at radius 1 is 1.03 bits per heavy atom. The van der Waals surface area contributed by atoms with E-state index in [-0.39, 0.29) is 44.3 Å². The molecule has 1 heterocycles. The number of benzene rings is 2. The van der Waals surface area contributed by atoms with E-state index < -0.39 is 23.5 Å². The first kappa shape index (κ1) is 24.5. The van der Waals surface area contributed by atoms with Gasteiger partial charge in [0.1, 0.15) is 11.6 Å². The summed E-state index contributed by atoms with van der Waals surface area (Å²) in [5.74, 6) is 3.95. The molecule has 1 saturated heterocycles. The van der Waals surface area contributed by atoms with Crippen molar-refractivity contribution >= 4 is 36.8 Å². The number of aliphatic carboxylic acids is 2. The van der Waals surface area contributed by atoms with Crippen LogP contribution >= 0.6 is 24.8 Å². The maximum atomic E-state index is 11.6. The Balaban J connectivity index is 0.00000210. The summed E-state index contributed by atoms with van der Waals surface area (Å²) in [6, 6.07) is 16.0. The van der Waals surface area contributed by atoms with Gasteiger partial charge in [-0.1, -0.05) is 48.2 Å². The van der Waals surface area contributed by atoms with Gasteiger partial charge in [0.05, 0.1) is 0 Å². The quantitative estimate of drug-likeness (QED) is 0.635. The first-order valence-electron chi connectivity index (χ1n) is 8.53. The van der Waals surface area contributed by atoms with Crippen molar-refractivity contribution in [2.45, 2.75) is 24.5 Å². The molecule has 2 atom stereocenters. The number of rotatable bonds is 4. The van der Waals surface area contributed by atoms with E-state index in [0.717, 1.165) is 16.7 Å². The zero-order chi connectivity index (χ0) is 19.4. The highest BCUT2D eigenvalue weighted by atomic mass is 35.5. The molecule has 2 aromatic rings. The van der Waals surface area contributed by atoms with Crippen molar-refractivity contribution in [3.8, 4) is 11.8 Å². The maximum Gasteiger partial charge on any atom is 0.325 e. The molecule has 1 fully saturated rings. The van der Waals surface area contributed by atoms with E-state index in [0.29, 0.717) is 0 Å². The molecule has 154 valence electrons. The van der Waals surface area contributed by atoms with Crippen LogP contribution in [-0.4, -0.2) is 45.2 Å². The molecule has 2 aromatic carbocycles. The second-order valence-corrected chi connectivity index (χ2v) is 6.70. The Kier molecular flexibility index (Phi) is 8.68. The number of carbonyl (C=O) groups is 2. The van der Waals surface area contributed by atoms with E-state index in [9.17, 15) is 19.8 Å². The van der Waals surface area contributed by atoms with Crippen LogP contribution in [0.5, 0.6) is 0 Å². The lowest BCUT2D eigenvalue weighted by Crippen LogP contribution is -2.50. The van der Waals surface area contributed by atoms with Crippen molar-refractivity contribution in [2.75, 3.05) is 6.54 Å². The van der Waals surface area contributed by atoms with Crippen molar-refractivity contribution in [3.05, 3.63) is 71.3 Å². The average molecular weight is 437 g/mol. The number of likely N-dealkylation sites (tertiary alicyclic amines) is 1. The molecule has 0 unspecified atom stereocenters. The Morgan fingerprint density at radius 3 is 2.28 bits per heavy atom. The summed E-state index contributed by atoms with van der Waals surface area (Å²) in [6.07, 6.45) is -0.129. The summed E-state index contributed by atoms with van der Waals surface area (Å²) in [4.78, 5) is 24.6. The van der Waals surface area contributed by atoms with Crippen LogP contribution in [-0.2, 0) is 16.1 Å². The van der Waals surface area contributed by atoms with Gasteiger partial charge in [0.25, 0.3) is 0 Å². The number of nitrogens with zero attached hydrogens (tertiary/aromatic N) is 1. The van der Waals surface area contributed by atoms with E-state index in [2.05, 4.69) is 11.8 Å². The minimum Gasteiger partial charge on any atom is -0.480 e. The highest BCUT2D eigenvalue weighted by Gasteiger charge is 2.49. The van der Waals surface area contributed by atoms with Crippen molar-refractivity contribution < 1.29 is 19.8 Å². The third-order valence-corrected chi connectivity index (χ3v) is 4.70. The fourth-order valence-electron chi connectivity index (χ4n) is 3.24. The monoisotopic (exact) mass is 436 g/mol. The molecular weight excluding hydrogens is 415 g/mol. The van der Waals surface area contributed by atoms with Crippen LogP contribution in [0.2, 0.25) is 0 Å². The number of carboxylic acid groups (broad SMARTS) is 2. The zero-order valence-corrected chi connectivity index (χ0v) is 17.1. The van der Waals surface area contributed by atoms with Gasteiger partial charge in [0, 0.05) is 30.6 Å². The molecule has 0 radical (unpaired) electrons. The van der Waals surface area contributed by atoms with E-state index in [1.165, 1.54) is 0 Å². The molecule has 29 heavy (non-hydrogen) atoms. The Bertz CT molecular complexity index is 927. The van der Waals surface area contributed by atoms with Gasteiger partial charge in [-0.25, -0.2) is 0 Å². The lowest BCUT2D eigenvalue weighted by atomic mass is 9.98. The Morgan fingerprint density at radius 2 is 1.66 bits per heavy atom. The summed E-state index contributed by atoms with van der Waals surface area (Å²) in [6.45, 7) is 0.239. The van der Waals surface area contributed by atoms with E-state index in [4.69, 9.17) is 5.73 Å². The summed E-state index contributed by atoms with van der Waals surface area (Å²) in [7, 11) is 0. The molecule has 0 spiro atoms. The van der Waals surface area contributed by atoms with E-state index >= 15 is 0 Å². The third-order valence-electron chi connectivity index (χ3n) is 4.70. The molecule has 8 heteroatoms. The molecule has 3 rings (SSSR count). The van der Waals surface area contributed by atoms with Crippen LogP contribution in [0.3, 0.4) is 0 Å². The predicted molar refractivity (Wildman–Crippen MR) is 114 cm³/mol. The van der Waals surface area contributed by atoms with Crippen molar-refractivity contribution in [1.82, 2.24) is 4.90 Å². The molecule has 0 bridgehead atoms. The van der Waals surface area contributed by atoms with E-state index in [1.54, 1.807) is 4.90 Å². The standard InChI is InChI=1S/C21H20N2O4.2ClH/c22-21(20(26)27)12-18(19(24)25)23(14-21)13-17-9-5-4-8-16(17)11-10-15-6-2-1-3-7-15;;/h1-9,18H,12-14,22H2,(H,24,25)(H,26,27);2*1H/t18-,21-;;/m1../s1. The molecule has 1 aliphatic heterocycles. The smallest absolute Gasteiger partial charge is 0.325 e. The number of hydrogen-bond acceptors (Lipinski definition) is 4.